The van der Waals surface area contributed by atoms with Gasteiger partial charge in [0.2, 0.25) is 0 Å². The van der Waals surface area contributed by atoms with Gasteiger partial charge < -0.3 is 10.4 Å². The first kappa shape index (κ1) is 14.0. The number of phenols is 1. The second kappa shape index (κ2) is 5.72. The monoisotopic (exact) mass is 334 g/mol. The van der Waals surface area contributed by atoms with Gasteiger partial charge in [-0.15, -0.1) is 0 Å². The SMILES string of the molecule is N#Cc1cc(F)ccc1NC(=O)c1ccc(Br)cc1O. The molecule has 1 amide bonds. The van der Waals surface area contributed by atoms with Crippen LogP contribution in [0.1, 0.15) is 15.9 Å². The number of benzene rings is 2. The van der Waals surface area contributed by atoms with Crippen molar-refractivity contribution in [2.45, 2.75) is 0 Å². The van der Waals surface area contributed by atoms with E-state index in [0.717, 1.165) is 12.1 Å². The van der Waals surface area contributed by atoms with E-state index in [-0.39, 0.29) is 22.6 Å². The summed E-state index contributed by atoms with van der Waals surface area (Å²) in [7, 11) is 0. The van der Waals surface area contributed by atoms with E-state index in [4.69, 9.17) is 5.26 Å². The lowest BCUT2D eigenvalue weighted by Gasteiger charge is -2.08. The Hall–Kier alpha value is -2.39. The molecule has 2 aromatic carbocycles. The minimum absolute atomic E-state index is 0.00921. The third-order valence-corrected chi connectivity index (χ3v) is 3.05. The Kier molecular flexibility index (Phi) is 4.01. The Bertz CT molecular complexity index is 726. The van der Waals surface area contributed by atoms with E-state index in [0.29, 0.717) is 4.47 Å². The number of nitrogens with zero attached hydrogens (tertiary/aromatic N) is 1. The smallest absolute Gasteiger partial charge is 0.259 e. The zero-order chi connectivity index (χ0) is 14.7. The molecule has 20 heavy (non-hydrogen) atoms. The second-order valence-electron chi connectivity index (χ2n) is 3.92. The van der Waals surface area contributed by atoms with Crippen LogP contribution >= 0.6 is 15.9 Å². The largest absolute Gasteiger partial charge is 0.507 e. The fourth-order valence-electron chi connectivity index (χ4n) is 1.60. The molecule has 100 valence electrons. The molecule has 0 bridgehead atoms. The number of carbonyl (C=O) groups excluding carboxylic acids is 1. The molecule has 2 rings (SSSR count). The summed E-state index contributed by atoms with van der Waals surface area (Å²) in [5, 5.41) is 21.1. The molecule has 0 spiro atoms. The highest BCUT2D eigenvalue weighted by atomic mass is 79.9. The summed E-state index contributed by atoms with van der Waals surface area (Å²) in [4.78, 5) is 12.0. The molecule has 0 unspecified atom stereocenters. The maximum atomic E-state index is 13.0. The molecule has 0 saturated heterocycles. The number of amides is 1. The fourth-order valence-corrected chi connectivity index (χ4v) is 1.95. The average molecular weight is 335 g/mol. The summed E-state index contributed by atoms with van der Waals surface area (Å²) in [6, 6.07) is 9.66. The van der Waals surface area contributed by atoms with Gasteiger partial charge in [0.25, 0.3) is 5.91 Å². The Morgan fingerprint density at radius 2 is 2.05 bits per heavy atom. The molecule has 0 saturated carbocycles. The number of hydrogen-bond acceptors (Lipinski definition) is 3. The summed E-state index contributed by atoms with van der Waals surface area (Å²) < 4.78 is 13.6. The average Bonchev–Trinajstić information content (AvgIpc) is 2.40. The molecule has 0 aliphatic heterocycles. The molecule has 0 fully saturated rings. The molecule has 0 aliphatic carbocycles. The van der Waals surface area contributed by atoms with Crippen LogP contribution in [0.15, 0.2) is 40.9 Å². The number of nitrogens with one attached hydrogen (secondary N) is 1. The number of halogens is 2. The van der Waals surface area contributed by atoms with Gasteiger partial charge in [0.1, 0.15) is 17.6 Å². The summed E-state index contributed by atoms with van der Waals surface area (Å²) in [6.45, 7) is 0. The molecule has 2 aromatic rings. The van der Waals surface area contributed by atoms with Gasteiger partial charge in [-0.05, 0) is 36.4 Å². The lowest BCUT2D eigenvalue weighted by molar-refractivity contribution is 0.102. The standard InChI is InChI=1S/C14H8BrFN2O2/c15-9-1-3-11(13(19)6-9)14(20)18-12-4-2-10(16)5-8(12)7-17/h1-6,19H,(H,18,20). The van der Waals surface area contributed by atoms with Gasteiger partial charge in [0, 0.05) is 4.47 Å². The highest BCUT2D eigenvalue weighted by Crippen LogP contribution is 2.24. The first-order chi connectivity index (χ1) is 9.51. The number of rotatable bonds is 2. The third-order valence-electron chi connectivity index (χ3n) is 2.55. The van der Waals surface area contributed by atoms with Crippen molar-refractivity contribution in [3.05, 3.63) is 57.8 Å². The maximum Gasteiger partial charge on any atom is 0.259 e. The first-order valence-corrected chi connectivity index (χ1v) is 6.30. The van der Waals surface area contributed by atoms with E-state index in [1.165, 1.54) is 18.2 Å². The van der Waals surface area contributed by atoms with Crippen molar-refractivity contribution in [1.29, 1.82) is 5.26 Å². The van der Waals surface area contributed by atoms with Gasteiger partial charge >= 0.3 is 0 Å². The second-order valence-corrected chi connectivity index (χ2v) is 4.83. The van der Waals surface area contributed by atoms with Gasteiger partial charge in [0.15, 0.2) is 0 Å². The molecular weight excluding hydrogens is 327 g/mol. The van der Waals surface area contributed by atoms with Crippen LogP contribution < -0.4 is 5.32 Å². The predicted molar refractivity (Wildman–Crippen MR) is 74.9 cm³/mol. The van der Waals surface area contributed by atoms with Gasteiger partial charge in [-0.2, -0.15) is 5.26 Å². The zero-order valence-corrected chi connectivity index (χ0v) is 11.6. The predicted octanol–water partition coefficient (Wildman–Crippen LogP) is 3.42. The van der Waals surface area contributed by atoms with Crippen LogP contribution in [0, 0.1) is 17.1 Å². The summed E-state index contributed by atoms with van der Waals surface area (Å²) >= 11 is 3.17. The van der Waals surface area contributed by atoms with Crippen molar-refractivity contribution < 1.29 is 14.3 Å². The quantitative estimate of drug-likeness (QED) is 0.883. The Morgan fingerprint density at radius 1 is 1.30 bits per heavy atom. The van der Waals surface area contributed by atoms with Crippen LogP contribution in [0.25, 0.3) is 0 Å². The van der Waals surface area contributed by atoms with Gasteiger partial charge in [0.05, 0.1) is 16.8 Å². The minimum atomic E-state index is -0.585. The fraction of sp³-hybridized carbons (Fsp3) is 0. The topological polar surface area (TPSA) is 73.1 Å². The number of nitriles is 1. The molecule has 2 N–H and O–H groups in total. The number of anilines is 1. The van der Waals surface area contributed by atoms with E-state index in [1.807, 2.05) is 0 Å². The third kappa shape index (κ3) is 2.95. The van der Waals surface area contributed by atoms with Crippen molar-refractivity contribution in [3.8, 4) is 11.8 Å². The van der Waals surface area contributed by atoms with E-state index in [1.54, 1.807) is 12.1 Å². The molecule has 0 heterocycles. The van der Waals surface area contributed by atoms with Gasteiger partial charge in [-0.3, -0.25) is 4.79 Å². The summed E-state index contributed by atoms with van der Waals surface area (Å²) in [5.41, 5.74) is 0.248. The Balaban J connectivity index is 2.31. The lowest BCUT2D eigenvalue weighted by Crippen LogP contribution is -2.13. The van der Waals surface area contributed by atoms with Crippen molar-refractivity contribution in [2.24, 2.45) is 0 Å². The van der Waals surface area contributed by atoms with E-state index in [2.05, 4.69) is 21.2 Å². The summed E-state index contributed by atoms with van der Waals surface area (Å²) in [6.07, 6.45) is 0. The van der Waals surface area contributed by atoms with Crippen molar-refractivity contribution >= 4 is 27.5 Å². The lowest BCUT2D eigenvalue weighted by atomic mass is 10.1. The van der Waals surface area contributed by atoms with E-state index < -0.39 is 11.7 Å². The molecule has 0 aliphatic rings. The number of hydrogen-bond donors (Lipinski definition) is 2. The molecule has 6 heteroatoms. The van der Waals surface area contributed by atoms with Crippen LogP contribution in [0.2, 0.25) is 0 Å². The van der Waals surface area contributed by atoms with Crippen LogP contribution in [0.4, 0.5) is 10.1 Å². The number of phenolic OH excluding ortho intramolecular Hbond substituents is 1. The Morgan fingerprint density at radius 3 is 2.70 bits per heavy atom. The highest BCUT2D eigenvalue weighted by molar-refractivity contribution is 9.10. The minimum Gasteiger partial charge on any atom is -0.507 e. The number of aromatic hydroxyl groups is 1. The number of carbonyl (C=O) groups is 1. The highest BCUT2D eigenvalue weighted by Gasteiger charge is 2.13. The van der Waals surface area contributed by atoms with Gasteiger partial charge in [-0.25, -0.2) is 4.39 Å². The van der Waals surface area contributed by atoms with Crippen molar-refractivity contribution in [3.63, 3.8) is 0 Å². The zero-order valence-electron chi connectivity index (χ0n) is 10.0. The Labute approximate surface area is 122 Å². The first-order valence-electron chi connectivity index (χ1n) is 5.51. The van der Waals surface area contributed by atoms with Gasteiger partial charge in [-0.1, -0.05) is 15.9 Å². The molecule has 4 nitrogen and oxygen atoms in total. The van der Waals surface area contributed by atoms with Crippen LogP contribution in [-0.2, 0) is 0 Å². The maximum absolute atomic E-state index is 13.0. The van der Waals surface area contributed by atoms with Crippen LogP contribution in [0.5, 0.6) is 5.75 Å². The van der Waals surface area contributed by atoms with E-state index >= 15 is 0 Å². The molecule has 0 atom stereocenters. The molecule has 0 radical (unpaired) electrons. The van der Waals surface area contributed by atoms with Crippen LogP contribution in [-0.4, -0.2) is 11.0 Å². The van der Waals surface area contributed by atoms with Crippen molar-refractivity contribution in [2.75, 3.05) is 5.32 Å². The molecular formula is C14H8BrFN2O2. The molecule has 0 aromatic heterocycles. The summed E-state index contributed by atoms with van der Waals surface area (Å²) in [5.74, 6) is -1.35. The normalized spacial score (nSPS) is 9.85. The van der Waals surface area contributed by atoms with Crippen LogP contribution in [0.3, 0.4) is 0 Å². The van der Waals surface area contributed by atoms with E-state index in [9.17, 15) is 14.3 Å². The van der Waals surface area contributed by atoms with Crippen molar-refractivity contribution in [1.82, 2.24) is 0 Å².